The highest BCUT2D eigenvalue weighted by atomic mass is 19.1. The number of hydrogen-bond acceptors (Lipinski definition) is 2. The third kappa shape index (κ3) is 2.16. The van der Waals surface area contributed by atoms with E-state index >= 15 is 0 Å². The minimum atomic E-state index is -0.368. The van der Waals surface area contributed by atoms with Crippen LogP contribution in [0.1, 0.15) is 24.0 Å². The standard InChI is InChI=1S/C12H13FN2/c1-15(11-5-6-11)8-10-4-2-3-9(7-14)12(10)13/h2-4,11H,5-6,8H2,1H3. The lowest BCUT2D eigenvalue weighted by atomic mass is 10.1. The Balaban J connectivity index is 2.17. The SMILES string of the molecule is CN(Cc1cccc(C#N)c1F)C1CC1. The third-order valence-electron chi connectivity index (χ3n) is 2.79. The number of nitriles is 1. The number of benzene rings is 1. The molecule has 1 fully saturated rings. The van der Waals surface area contributed by atoms with Gasteiger partial charge in [-0.25, -0.2) is 4.39 Å². The highest BCUT2D eigenvalue weighted by molar-refractivity contribution is 5.34. The average Bonchev–Trinajstić information content (AvgIpc) is 3.04. The molecule has 15 heavy (non-hydrogen) atoms. The second-order valence-electron chi connectivity index (χ2n) is 4.04. The quantitative estimate of drug-likeness (QED) is 0.755. The normalized spacial score (nSPS) is 15.3. The molecule has 0 atom stereocenters. The van der Waals surface area contributed by atoms with Crippen LogP contribution < -0.4 is 0 Å². The number of hydrogen-bond donors (Lipinski definition) is 0. The largest absolute Gasteiger partial charge is 0.299 e. The Kier molecular flexibility index (Phi) is 2.70. The van der Waals surface area contributed by atoms with Gasteiger partial charge in [-0.15, -0.1) is 0 Å². The van der Waals surface area contributed by atoms with E-state index in [1.165, 1.54) is 18.9 Å². The van der Waals surface area contributed by atoms with Gasteiger partial charge in [0.2, 0.25) is 0 Å². The van der Waals surface area contributed by atoms with Crippen molar-refractivity contribution in [1.29, 1.82) is 5.26 Å². The van der Waals surface area contributed by atoms with Crippen LogP contribution in [0.15, 0.2) is 18.2 Å². The van der Waals surface area contributed by atoms with E-state index in [-0.39, 0.29) is 11.4 Å². The molecule has 1 aliphatic carbocycles. The van der Waals surface area contributed by atoms with E-state index in [1.54, 1.807) is 12.1 Å². The fourth-order valence-corrected chi connectivity index (χ4v) is 1.70. The van der Waals surface area contributed by atoms with Crippen molar-refractivity contribution in [3.05, 3.63) is 35.1 Å². The minimum absolute atomic E-state index is 0.136. The van der Waals surface area contributed by atoms with Crippen LogP contribution in [0.3, 0.4) is 0 Å². The summed E-state index contributed by atoms with van der Waals surface area (Å²) in [7, 11) is 2.00. The maximum Gasteiger partial charge on any atom is 0.145 e. The number of rotatable bonds is 3. The highest BCUT2D eigenvalue weighted by Gasteiger charge is 2.26. The van der Waals surface area contributed by atoms with Gasteiger partial charge in [0.15, 0.2) is 0 Å². The van der Waals surface area contributed by atoms with Crippen molar-refractivity contribution in [3.63, 3.8) is 0 Å². The molecule has 0 saturated heterocycles. The summed E-state index contributed by atoms with van der Waals surface area (Å²) >= 11 is 0. The van der Waals surface area contributed by atoms with Crippen molar-refractivity contribution >= 4 is 0 Å². The molecule has 0 unspecified atom stereocenters. The number of halogens is 1. The molecule has 0 N–H and O–H groups in total. The van der Waals surface area contributed by atoms with Crippen molar-refractivity contribution in [3.8, 4) is 6.07 Å². The third-order valence-corrected chi connectivity index (χ3v) is 2.79. The smallest absolute Gasteiger partial charge is 0.145 e. The van der Waals surface area contributed by atoms with Gasteiger partial charge >= 0.3 is 0 Å². The van der Waals surface area contributed by atoms with Crippen LogP contribution in [0.5, 0.6) is 0 Å². The summed E-state index contributed by atoms with van der Waals surface area (Å²) in [6.07, 6.45) is 2.41. The fraction of sp³-hybridized carbons (Fsp3) is 0.417. The molecule has 0 spiro atoms. The Morgan fingerprint density at radius 3 is 2.87 bits per heavy atom. The lowest BCUT2D eigenvalue weighted by molar-refractivity contribution is 0.311. The summed E-state index contributed by atoms with van der Waals surface area (Å²) < 4.78 is 13.7. The first-order valence-corrected chi connectivity index (χ1v) is 5.10. The maximum absolute atomic E-state index is 13.7. The Hall–Kier alpha value is -1.40. The molecule has 2 rings (SSSR count). The zero-order valence-corrected chi connectivity index (χ0v) is 8.70. The van der Waals surface area contributed by atoms with Crippen LogP contribution in [-0.2, 0) is 6.54 Å². The van der Waals surface area contributed by atoms with Crippen LogP contribution in [0.4, 0.5) is 4.39 Å². The van der Waals surface area contributed by atoms with E-state index in [2.05, 4.69) is 4.90 Å². The lowest BCUT2D eigenvalue weighted by Crippen LogP contribution is -2.20. The molecule has 2 nitrogen and oxygen atoms in total. The van der Waals surface area contributed by atoms with Crippen LogP contribution in [-0.4, -0.2) is 18.0 Å². The lowest BCUT2D eigenvalue weighted by Gasteiger charge is -2.16. The maximum atomic E-state index is 13.7. The first-order valence-electron chi connectivity index (χ1n) is 5.10. The predicted molar refractivity (Wildman–Crippen MR) is 55.6 cm³/mol. The van der Waals surface area contributed by atoms with Crippen LogP contribution >= 0.6 is 0 Å². The van der Waals surface area contributed by atoms with Gasteiger partial charge in [0.1, 0.15) is 11.9 Å². The summed E-state index contributed by atoms with van der Waals surface area (Å²) in [4.78, 5) is 2.14. The molecular weight excluding hydrogens is 191 g/mol. The first kappa shape index (κ1) is 10.1. The van der Waals surface area contributed by atoms with Gasteiger partial charge in [-0.3, -0.25) is 4.90 Å². The van der Waals surface area contributed by atoms with Crippen molar-refractivity contribution < 1.29 is 4.39 Å². The molecule has 1 aromatic rings. The van der Waals surface area contributed by atoms with Crippen molar-refractivity contribution in [2.75, 3.05) is 7.05 Å². The minimum Gasteiger partial charge on any atom is -0.299 e. The van der Waals surface area contributed by atoms with E-state index < -0.39 is 0 Å². The molecule has 3 heteroatoms. The molecule has 1 aliphatic rings. The van der Waals surface area contributed by atoms with Gasteiger partial charge in [-0.2, -0.15) is 5.26 Å². The molecule has 0 bridgehead atoms. The Morgan fingerprint density at radius 2 is 2.27 bits per heavy atom. The molecule has 1 aromatic carbocycles. The van der Waals surface area contributed by atoms with E-state index in [4.69, 9.17) is 5.26 Å². The van der Waals surface area contributed by atoms with Crippen LogP contribution in [0.25, 0.3) is 0 Å². The zero-order chi connectivity index (χ0) is 10.8. The van der Waals surface area contributed by atoms with E-state index in [0.717, 1.165) is 0 Å². The average molecular weight is 204 g/mol. The molecule has 0 aliphatic heterocycles. The summed E-state index contributed by atoms with van der Waals surface area (Å²) in [6.45, 7) is 0.589. The topological polar surface area (TPSA) is 27.0 Å². The molecule has 0 amide bonds. The van der Waals surface area contributed by atoms with Crippen molar-refractivity contribution in [2.45, 2.75) is 25.4 Å². The zero-order valence-electron chi connectivity index (χ0n) is 8.70. The van der Waals surface area contributed by atoms with Crippen LogP contribution in [0, 0.1) is 17.1 Å². The van der Waals surface area contributed by atoms with Crippen LogP contribution in [0.2, 0.25) is 0 Å². The molecule has 0 aromatic heterocycles. The Labute approximate surface area is 88.9 Å². The molecule has 1 saturated carbocycles. The Bertz CT molecular complexity index is 405. The molecular formula is C12H13FN2. The summed E-state index contributed by atoms with van der Waals surface area (Å²) in [5, 5.41) is 8.69. The van der Waals surface area contributed by atoms with E-state index in [1.807, 2.05) is 13.1 Å². The number of nitrogens with zero attached hydrogens (tertiary/aromatic N) is 2. The molecule has 0 heterocycles. The van der Waals surface area contributed by atoms with Gasteiger partial charge < -0.3 is 0 Å². The first-order chi connectivity index (χ1) is 7.22. The molecule has 78 valence electrons. The fourth-order valence-electron chi connectivity index (χ4n) is 1.70. The predicted octanol–water partition coefficient (Wildman–Crippen LogP) is 2.29. The highest BCUT2D eigenvalue weighted by Crippen LogP contribution is 2.27. The van der Waals surface area contributed by atoms with Gasteiger partial charge in [0, 0.05) is 18.2 Å². The van der Waals surface area contributed by atoms with Gasteiger partial charge in [0.05, 0.1) is 5.56 Å². The van der Waals surface area contributed by atoms with E-state index in [0.29, 0.717) is 18.2 Å². The van der Waals surface area contributed by atoms with Crippen molar-refractivity contribution in [2.24, 2.45) is 0 Å². The summed E-state index contributed by atoms with van der Waals surface area (Å²) in [5.41, 5.74) is 0.750. The molecule has 0 radical (unpaired) electrons. The van der Waals surface area contributed by atoms with E-state index in [9.17, 15) is 4.39 Å². The van der Waals surface area contributed by atoms with Gasteiger partial charge in [-0.05, 0) is 26.0 Å². The summed E-state index contributed by atoms with van der Waals surface area (Å²) in [5.74, 6) is -0.368. The summed E-state index contributed by atoms with van der Waals surface area (Å²) in [6, 6.07) is 7.46. The van der Waals surface area contributed by atoms with Crippen molar-refractivity contribution in [1.82, 2.24) is 4.90 Å². The monoisotopic (exact) mass is 204 g/mol. The Morgan fingerprint density at radius 1 is 1.53 bits per heavy atom. The second-order valence-corrected chi connectivity index (χ2v) is 4.04. The van der Waals surface area contributed by atoms with Gasteiger partial charge in [-0.1, -0.05) is 12.1 Å². The van der Waals surface area contributed by atoms with Gasteiger partial charge in [0.25, 0.3) is 0 Å². The second kappa shape index (κ2) is 4.00.